The standard InChI is InChI=1S/C37H69O8P/c1-3-5-7-9-11-13-15-17-18-20-21-23-25-27-29-31-36(38)43-33-35(34-44-46(40,41)42)45-37(39)32-30-28-26-24-22-19-16-14-12-10-8-6-4-2/h14,16,20-21,35H,3-13,15,17-19,22-34H2,1-2H3,(H2,40,41,42)/b16-14+,21-20+/t35-/m1/s1. The van der Waals surface area contributed by atoms with Gasteiger partial charge in [0, 0.05) is 12.8 Å². The van der Waals surface area contributed by atoms with E-state index in [-0.39, 0.29) is 19.4 Å². The third-order valence-electron chi connectivity index (χ3n) is 7.94. The van der Waals surface area contributed by atoms with Gasteiger partial charge in [-0.2, -0.15) is 0 Å². The minimum atomic E-state index is -4.75. The molecule has 0 aromatic carbocycles. The highest BCUT2D eigenvalue weighted by molar-refractivity contribution is 7.46. The van der Waals surface area contributed by atoms with Crippen molar-refractivity contribution >= 4 is 19.8 Å². The highest BCUT2D eigenvalue weighted by Crippen LogP contribution is 2.36. The van der Waals surface area contributed by atoms with Gasteiger partial charge in [-0.15, -0.1) is 0 Å². The first kappa shape index (κ1) is 44.5. The van der Waals surface area contributed by atoms with E-state index in [4.69, 9.17) is 19.3 Å². The lowest BCUT2D eigenvalue weighted by molar-refractivity contribution is -0.161. The molecular formula is C37H69O8P. The summed E-state index contributed by atoms with van der Waals surface area (Å²) in [7, 11) is -4.75. The van der Waals surface area contributed by atoms with Crippen LogP contribution in [0.3, 0.4) is 0 Å². The van der Waals surface area contributed by atoms with Gasteiger partial charge >= 0.3 is 19.8 Å². The number of hydrogen-bond donors (Lipinski definition) is 2. The van der Waals surface area contributed by atoms with Gasteiger partial charge in [-0.25, -0.2) is 4.57 Å². The number of unbranched alkanes of at least 4 members (excludes halogenated alkanes) is 20. The summed E-state index contributed by atoms with van der Waals surface area (Å²) in [6.07, 6.45) is 36.1. The number of ether oxygens (including phenoxy) is 2. The topological polar surface area (TPSA) is 119 Å². The molecule has 1 atom stereocenters. The van der Waals surface area contributed by atoms with Gasteiger partial charge in [0.05, 0.1) is 6.61 Å². The molecule has 0 rings (SSSR count). The Balaban J connectivity index is 4.00. The molecule has 0 saturated heterocycles. The molecule has 0 aromatic rings. The predicted octanol–water partition coefficient (Wildman–Crippen LogP) is 10.8. The van der Waals surface area contributed by atoms with Crippen molar-refractivity contribution in [2.75, 3.05) is 13.2 Å². The Bertz CT molecular complexity index is 807. The second kappa shape index (κ2) is 33.4. The summed E-state index contributed by atoms with van der Waals surface area (Å²) in [5.41, 5.74) is 0. The van der Waals surface area contributed by atoms with Crippen LogP contribution in [0.4, 0.5) is 0 Å². The summed E-state index contributed by atoms with van der Waals surface area (Å²) in [5.74, 6) is -0.911. The lowest BCUT2D eigenvalue weighted by atomic mass is 10.1. The number of carbonyl (C=O) groups is 2. The number of allylic oxidation sites excluding steroid dienone is 4. The monoisotopic (exact) mass is 672 g/mol. The summed E-state index contributed by atoms with van der Waals surface area (Å²) in [4.78, 5) is 42.6. The van der Waals surface area contributed by atoms with Crippen LogP contribution in [0.25, 0.3) is 0 Å². The zero-order chi connectivity index (χ0) is 34.0. The molecule has 0 heterocycles. The average molecular weight is 673 g/mol. The fourth-order valence-corrected chi connectivity index (χ4v) is 5.49. The van der Waals surface area contributed by atoms with E-state index in [0.717, 1.165) is 57.8 Å². The molecule has 0 unspecified atom stereocenters. The van der Waals surface area contributed by atoms with Crippen molar-refractivity contribution in [1.82, 2.24) is 0 Å². The Morgan fingerprint density at radius 1 is 0.543 bits per heavy atom. The van der Waals surface area contributed by atoms with Crippen LogP contribution in [-0.2, 0) is 28.2 Å². The molecule has 0 saturated carbocycles. The van der Waals surface area contributed by atoms with Crippen LogP contribution in [0.2, 0.25) is 0 Å². The minimum absolute atomic E-state index is 0.200. The second-order valence-electron chi connectivity index (χ2n) is 12.5. The molecule has 9 heteroatoms. The Hall–Kier alpha value is -1.47. The SMILES string of the molecule is CCCCCC/C=C/CCCCCCCC(=O)O[C@H](COC(=O)CCCCC/C=C/CCCCCCCCCC)COP(=O)(O)O. The Labute approximate surface area is 281 Å². The van der Waals surface area contributed by atoms with Gasteiger partial charge in [-0.05, 0) is 64.2 Å². The number of phosphoric ester groups is 1. The van der Waals surface area contributed by atoms with Gasteiger partial charge in [0.15, 0.2) is 6.10 Å². The van der Waals surface area contributed by atoms with E-state index >= 15 is 0 Å². The first-order valence-corrected chi connectivity index (χ1v) is 20.2. The van der Waals surface area contributed by atoms with E-state index in [0.29, 0.717) is 12.8 Å². The summed E-state index contributed by atoms with van der Waals surface area (Å²) in [5, 5.41) is 0. The fraction of sp³-hybridized carbons (Fsp3) is 0.838. The Morgan fingerprint density at radius 2 is 0.913 bits per heavy atom. The van der Waals surface area contributed by atoms with Crippen molar-refractivity contribution in [3.8, 4) is 0 Å². The first-order valence-electron chi connectivity index (χ1n) is 18.6. The molecule has 0 fully saturated rings. The van der Waals surface area contributed by atoms with E-state index in [9.17, 15) is 14.2 Å². The highest BCUT2D eigenvalue weighted by atomic mass is 31.2. The van der Waals surface area contributed by atoms with Crippen LogP contribution in [0, 0.1) is 0 Å². The lowest BCUT2D eigenvalue weighted by Gasteiger charge is -2.18. The van der Waals surface area contributed by atoms with E-state index in [1.54, 1.807) is 0 Å². The zero-order valence-corrected chi connectivity index (χ0v) is 30.4. The van der Waals surface area contributed by atoms with Crippen molar-refractivity contribution in [1.29, 1.82) is 0 Å². The smallest absolute Gasteiger partial charge is 0.462 e. The van der Waals surface area contributed by atoms with E-state index in [2.05, 4.69) is 42.7 Å². The maximum atomic E-state index is 12.3. The molecule has 0 aliphatic heterocycles. The summed E-state index contributed by atoms with van der Waals surface area (Å²) >= 11 is 0. The lowest BCUT2D eigenvalue weighted by Crippen LogP contribution is -2.29. The molecule has 0 aromatic heterocycles. The van der Waals surface area contributed by atoms with Crippen LogP contribution >= 0.6 is 7.82 Å². The van der Waals surface area contributed by atoms with Gasteiger partial charge in [0.1, 0.15) is 6.61 Å². The van der Waals surface area contributed by atoms with E-state index in [1.165, 1.54) is 83.5 Å². The molecule has 270 valence electrons. The Kier molecular flexibility index (Phi) is 32.4. The zero-order valence-electron chi connectivity index (χ0n) is 29.5. The van der Waals surface area contributed by atoms with Gasteiger partial charge < -0.3 is 19.3 Å². The molecule has 2 N–H and O–H groups in total. The van der Waals surface area contributed by atoms with Crippen molar-refractivity contribution in [3.05, 3.63) is 24.3 Å². The summed E-state index contributed by atoms with van der Waals surface area (Å²) in [6.45, 7) is 3.64. The average Bonchev–Trinajstić information content (AvgIpc) is 3.02. The fourth-order valence-electron chi connectivity index (χ4n) is 5.13. The number of esters is 2. The maximum Gasteiger partial charge on any atom is 0.469 e. The minimum Gasteiger partial charge on any atom is -0.462 e. The van der Waals surface area contributed by atoms with Gasteiger partial charge in [0.25, 0.3) is 0 Å². The van der Waals surface area contributed by atoms with E-state index in [1.807, 2.05) is 0 Å². The molecule has 0 bridgehead atoms. The van der Waals surface area contributed by atoms with Crippen molar-refractivity contribution in [2.45, 2.75) is 187 Å². The van der Waals surface area contributed by atoms with Crippen molar-refractivity contribution < 1.29 is 37.9 Å². The molecule has 0 aliphatic carbocycles. The summed E-state index contributed by atoms with van der Waals surface area (Å²) < 4.78 is 26.3. The normalized spacial score (nSPS) is 12.7. The second-order valence-corrected chi connectivity index (χ2v) is 13.8. The van der Waals surface area contributed by atoms with Gasteiger partial charge in [-0.1, -0.05) is 128 Å². The van der Waals surface area contributed by atoms with Crippen LogP contribution in [0.1, 0.15) is 181 Å². The molecule has 0 aliphatic rings. The number of carbonyl (C=O) groups excluding carboxylic acids is 2. The third kappa shape index (κ3) is 35.4. The number of rotatable bonds is 34. The van der Waals surface area contributed by atoms with Crippen LogP contribution in [-0.4, -0.2) is 41.0 Å². The number of phosphoric acid groups is 1. The predicted molar refractivity (Wildman–Crippen MR) is 189 cm³/mol. The molecule has 46 heavy (non-hydrogen) atoms. The van der Waals surface area contributed by atoms with E-state index < -0.39 is 32.5 Å². The number of hydrogen-bond acceptors (Lipinski definition) is 6. The maximum absolute atomic E-state index is 12.3. The molecule has 8 nitrogen and oxygen atoms in total. The van der Waals surface area contributed by atoms with Crippen LogP contribution < -0.4 is 0 Å². The quantitative estimate of drug-likeness (QED) is 0.0300. The largest absolute Gasteiger partial charge is 0.469 e. The molecule has 0 spiro atoms. The van der Waals surface area contributed by atoms with Gasteiger partial charge in [0.2, 0.25) is 0 Å². The third-order valence-corrected chi connectivity index (χ3v) is 8.43. The molecular weight excluding hydrogens is 603 g/mol. The summed E-state index contributed by atoms with van der Waals surface area (Å²) in [6, 6.07) is 0. The van der Waals surface area contributed by atoms with Crippen molar-refractivity contribution in [3.63, 3.8) is 0 Å². The first-order chi connectivity index (χ1) is 22.3. The highest BCUT2D eigenvalue weighted by Gasteiger charge is 2.22. The molecule has 0 amide bonds. The Morgan fingerprint density at radius 3 is 1.37 bits per heavy atom. The van der Waals surface area contributed by atoms with Crippen molar-refractivity contribution in [2.24, 2.45) is 0 Å². The van der Waals surface area contributed by atoms with Gasteiger partial charge in [-0.3, -0.25) is 14.1 Å². The molecule has 0 radical (unpaired) electrons. The van der Waals surface area contributed by atoms with Crippen LogP contribution in [0.15, 0.2) is 24.3 Å². The van der Waals surface area contributed by atoms with Crippen LogP contribution in [0.5, 0.6) is 0 Å².